The van der Waals surface area contributed by atoms with E-state index in [2.05, 4.69) is 15.2 Å². The number of aryl methyl sites for hydroxylation is 2. The van der Waals surface area contributed by atoms with Gasteiger partial charge in [-0.3, -0.25) is 19.5 Å². The summed E-state index contributed by atoms with van der Waals surface area (Å²) in [6, 6.07) is 9.02. The molecule has 0 bridgehead atoms. The molecule has 5 rings (SSSR count). The van der Waals surface area contributed by atoms with E-state index in [-0.39, 0.29) is 22.9 Å². The Kier molecular flexibility index (Phi) is 5.11. The Morgan fingerprint density at radius 2 is 1.91 bits per heavy atom. The average molecular weight is 447 g/mol. The minimum absolute atomic E-state index is 0.0488. The van der Waals surface area contributed by atoms with E-state index >= 15 is 0 Å². The zero-order chi connectivity index (χ0) is 23.3. The first kappa shape index (κ1) is 21.1. The number of likely N-dealkylation sites (tertiary alicyclic amines) is 1. The lowest BCUT2D eigenvalue weighted by Crippen LogP contribution is -2.40. The molecule has 170 valence electrons. The Labute approximate surface area is 189 Å². The maximum atomic E-state index is 13.6. The number of amides is 1. The standard InChI is InChI=1S/C24H26N6O3/c1-4-29-23(32)18-10-6-5-9-17(18)21(27-29)24(33)28-11-7-8-16(13-28)19-12-20-25-15(3)14(2)22(31)30(20)26-19/h5-6,9-10,12,16,26H,4,7-8,11,13H2,1-3H3. The summed E-state index contributed by atoms with van der Waals surface area (Å²) in [4.78, 5) is 45.1. The second-order valence-electron chi connectivity index (χ2n) is 8.64. The molecule has 0 aliphatic carbocycles. The number of benzene rings is 1. The first-order chi connectivity index (χ1) is 15.9. The third-order valence-corrected chi connectivity index (χ3v) is 6.62. The van der Waals surface area contributed by atoms with Gasteiger partial charge in [0.1, 0.15) is 0 Å². The summed E-state index contributed by atoms with van der Waals surface area (Å²) in [6.07, 6.45) is 1.73. The Bertz CT molecular complexity index is 1510. The van der Waals surface area contributed by atoms with Crippen LogP contribution in [0.15, 0.2) is 39.9 Å². The lowest BCUT2D eigenvalue weighted by molar-refractivity contribution is 0.0699. The topological polar surface area (TPSA) is 105 Å². The number of rotatable bonds is 3. The summed E-state index contributed by atoms with van der Waals surface area (Å²) < 4.78 is 2.82. The van der Waals surface area contributed by atoms with Crippen LogP contribution < -0.4 is 11.1 Å². The van der Waals surface area contributed by atoms with E-state index in [1.807, 2.05) is 26.0 Å². The fourth-order valence-electron chi connectivity index (χ4n) is 4.62. The van der Waals surface area contributed by atoms with E-state index < -0.39 is 0 Å². The summed E-state index contributed by atoms with van der Waals surface area (Å²) in [5.41, 5.74) is 2.81. The molecule has 1 aliphatic rings. The number of nitrogens with one attached hydrogen (secondary N) is 1. The molecule has 0 saturated carbocycles. The van der Waals surface area contributed by atoms with Crippen molar-refractivity contribution < 1.29 is 4.79 Å². The predicted octanol–water partition coefficient (Wildman–Crippen LogP) is 2.39. The average Bonchev–Trinajstić information content (AvgIpc) is 3.27. The molecule has 1 aromatic carbocycles. The summed E-state index contributed by atoms with van der Waals surface area (Å²) in [5.74, 6) is -0.135. The predicted molar refractivity (Wildman–Crippen MR) is 125 cm³/mol. The van der Waals surface area contributed by atoms with Gasteiger partial charge in [0.25, 0.3) is 17.0 Å². The van der Waals surface area contributed by atoms with Gasteiger partial charge in [-0.05, 0) is 39.7 Å². The summed E-state index contributed by atoms with van der Waals surface area (Å²) >= 11 is 0. The molecule has 4 heterocycles. The van der Waals surface area contributed by atoms with Gasteiger partial charge in [-0.2, -0.15) is 5.10 Å². The first-order valence-corrected chi connectivity index (χ1v) is 11.3. The van der Waals surface area contributed by atoms with Gasteiger partial charge in [-0.15, -0.1) is 0 Å². The minimum Gasteiger partial charge on any atom is -0.337 e. The quantitative estimate of drug-likeness (QED) is 0.520. The smallest absolute Gasteiger partial charge is 0.275 e. The maximum Gasteiger partial charge on any atom is 0.275 e. The van der Waals surface area contributed by atoms with Crippen LogP contribution in [0.2, 0.25) is 0 Å². The van der Waals surface area contributed by atoms with Crippen molar-refractivity contribution in [3.63, 3.8) is 0 Å². The molecular weight excluding hydrogens is 420 g/mol. The number of H-pyrrole nitrogens is 1. The van der Waals surface area contributed by atoms with Gasteiger partial charge in [0, 0.05) is 54.0 Å². The van der Waals surface area contributed by atoms with Gasteiger partial charge >= 0.3 is 0 Å². The van der Waals surface area contributed by atoms with Crippen LogP contribution >= 0.6 is 0 Å². The second kappa shape index (κ2) is 7.99. The molecule has 1 atom stereocenters. The van der Waals surface area contributed by atoms with Crippen LogP contribution in [-0.2, 0) is 6.54 Å². The molecule has 4 aromatic rings. The van der Waals surface area contributed by atoms with Crippen molar-refractivity contribution in [3.05, 3.63) is 73.7 Å². The zero-order valence-electron chi connectivity index (χ0n) is 19.0. The molecule has 0 radical (unpaired) electrons. The van der Waals surface area contributed by atoms with Gasteiger partial charge in [-0.1, -0.05) is 18.2 Å². The lowest BCUT2D eigenvalue weighted by atomic mass is 9.94. The molecule has 3 aromatic heterocycles. The molecule has 1 N–H and O–H groups in total. The van der Waals surface area contributed by atoms with Crippen molar-refractivity contribution in [3.8, 4) is 0 Å². The van der Waals surface area contributed by atoms with Crippen molar-refractivity contribution in [2.75, 3.05) is 13.1 Å². The second-order valence-corrected chi connectivity index (χ2v) is 8.64. The molecule has 1 amide bonds. The molecule has 1 fully saturated rings. The number of hydrogen-bond acceptors (Lipinski definition) is 5. The highest BCUT2D eigenvalue weighted by Crippen LogP contribution is 2.28. The monoisotopic (exact) mass is 446 g/mol. The van der Waals surface area contributed by atoms with Gasteiger partial charge in [0.2, 0.25) is 0 Å². The third-order valence-electron chi connectivity index (χ3n) is 6.62. The number of carbonyl (C=O) groups is 1. The van der Waals surface area contributed by atoms with Crippen molar-refractivity contribution in [2.45, 2.75) is 46.1 Å². The molecule has 1 aliphatic heterocycles. The molecule has 0 spiro atoms. The molecule has 1 unspecified atom stereocenters. The van der Waals surface area contributed by atoms with Crippen LogP contribution in [0.4, 0.5) is 0 Å². The molecular formula is C24H26N6O3. The SMILES string of the molecule is CCn1nc(C(=O)N2CCCC(c3cc4nc(C)c(C)c(=O)n4[nH]3)C2)c2ccccc2c1=O. The van der Waals surface area contributed by atoms with Crippen LogP contribution in [-0.4, -0.2) is 48.3 Å². The van der Waals surface area contributed by atoms with Crippen LogP contribution in [0.25, 0.3) is 16.4 Å². The zero-order valence-corrected chi connectivity index (χ0v) is 19.0. The lowest BCUT2D eigenvalue weighted by Gasteiger charge is -2.32. The Hall–Kier alpha value is -3.75. The van der Waals surface area contributed by atoms with E-state index in [1.165, 1.54) is 9.20 Å². The number of carbonyl (C=O) groups excluding carboxylic acids is 1. The number of hydrogen-bond donors (Lipinski definition) is 1. The van der Waals surface area contributed by atoms with E-state index in [9.17, 15) is 14.4 Å². The molecule has 9 heteroatoms. The van der Waals surface area contributed by atoms with Crippen LogP contribution in [0.5, 0.6) is 0 Å². The van der Waals surface area contributed by atoms with E-state index in [0.29, 0.717) is 47.3 Å². The maximum absolute atomic E-state index is 13.6. The van der Waals surface area contributed by atoms with Crippen LogP contribution in [0.1, 0.15) is 53.1 Å². The first-order valence-electron chi connectivity index (χ1n) is 11.3. The molecule has 1 saturated heterocycles. The molecule has 9 nitrogen and oxygen atoms in total. The Morgan fingerprint density at radius 3 is 2.67 bits per heavy atom. The van der Waals surface area contributed by atoms with Crippen LogP contribution in [0, 0.1) is 13.8 Å². The Balaban J connectivity index is 1.50. The van der Waals surface area contributed by atoms with Gasteiger partial charge in [-0.25, -0.2) is 14.2 Å². The van der Waals surface area contributed by atoms with Crippen LogP contribution in [0.3, 0.4) is 0 Å². The summed E-state index contributed by atoms with van der Waals surface area (Å²) in [5, 5.41) is 8.68. The van der Waals surface area contributed by atoms with Gasteiger partial charge in [0.15, 0.2) is 11.3 Å². The fraction of sp³-hybridized carbons (Fsp3) is 0.375. The summed E-state index contributed by atoms with van der Waals surface area (Å²) in [7, 11) is 0. The highest BCUT2D eigenvalue weighted by atomic mass is 16.2. The third kappa shape index (κ3) is 3.44. The number of aromatic nitrogens is 5. The number of aromatic amines is 1. The fourth-order valence-corrected chi connectivity index (χ4v) is 4.62. The van der Waals surface area contributed by atoms with E-state index in [0.717, 1.165) is 24.2 Å². The summed E-state index contributed by atoms with van der Waals surface area (Å²) in [6.45, 7) is 6.95. The van der Waals surface area contributed by atoms with Gasteiger partial charge < -0.3 is 4.90 Å². The number of fused-ring (bicyclic) bond motifs is 2. The van der Waals surface area contributed by atoms with Crippen molar-refractivity contribution in [1.29, 1.82) is 0 Å². The van der Waals surface area contributed by atoms with Crippen molar-refractivity contribution in [2.24, 2.45) is 0 Å². The number of nitrogens with zero attached hydrogens (tertiary/aromatic N) is 5. The molecule has 33 heavy (non-hydrogen) atoms. The largest absolute Gasteiger partial charge is 0.337 e. The number of piperidine rings is 1. The Morgan fingerprint density at radius 1 is 1.15 bits per heavy atom. The van der Waals surface area contributed by atoms with E-state index in [1.54, 1.807) is 30.0 Å². The highest BCUT2D eigenvalue weighted by Gasteiger charge is 2.29. The van der Waals surface area contributed by atoms with Gasteiger partial charge in [0.05, 0.1) is 5.39 Å². The highest BCUT2D eigenvalue weighted by molar-refractivity contribution is 6.04. The minimum atomic E-state index is -0.192. The van der Waals surface area contributed by atoms with Crippen molar-refractivity contribution >= 4 is 22.3 Å². The van der Waals surface area contributed by atoms with E-state index in [4.69, 9.17) is 0 Å². The normalized spacial score (nSPS) is 16.6. The van der Waals surface area contributed by atoms with Crippen molar-refractivity contribution in [1.82, 2.24) is 29.3 Å².